The van der Waals surface area contributed by atoms with E-state index in [4.69, 9.17) is 39.5 Å². The number of amides is 2. The molecule has 8 heteroatoms. The van der Waals surface area contributed by atoms with E-state index in [9.17, 15) is 9.59 Å². The molecule has 1 heterocycles. The summed E-state index contributed by atoms with van der Waals surface area (Å²) in [5.41, 5.74) is 0.735. The van der Waals surface area contributed by atoms with E-state index in [1.165, 1.54) is 4.90 Å². The quantitative estimate of drug-likeness (QED) is 0.742. The molecule has 0 aromatic heterocycles. The molecule has 0 bridgehead atoms. The van der Waals surface area contributed by atoms with E-state index in [1.54, 1.807) is 25.1 Å². The first-order valence-electron chi connectivity index (χ1n) is 7.51. The first-order chi connectivity index (χ1) is 11.2. The van der Waals surface area contributed by atoms with Crippen molar-refractivity contribution in [3.63, 3.8) is 0 Å². The molecular weight excluding hydrogens is 375 g/mol. The number of likely N-dealkylation sites (N-methyl/N-ethyl adjacent to an activating group) is 1. The Bertz CT molecular complexity index is 697. The lowest BCUT2D eigenvalue weighted by atomic mass is 10.2. The number of benzene rings is 1. The number of carbonyl (C=O) groups is 2. The molecular formula is C16H17Cl3N2O3. The highest BCUT2D eigenvalue weighted by Gasteiger charge is 2.72. The Kier molecular flexibility index (Phi) is 4.39. The molecule has 1 aliphatic heterocycles. The van der Waals surface area contributed by atoms with E-state index in [0.717, 1.165) is 5.69 Å². The summed E-state index contributed by atoms with van der Waals surface area (Å²) in [4.78, 5) is 27.0. The third-order valence-corrected chi connectivity index (χ3v) is 6.31. The van der Waals surface area contributed by atoms with Crippen molar-refractivity contribution in [1.82, 2.24) is 4.90 Å². The first kappa shape index (κ1) is 17.6. The maximum atomic E-state index is 12.7. The first-order valence-corrected chi connectivity index (χ1v) is 8.64. The van der Waals surface area contributed by atoms with Gasteiger partial charge in [0.05, 0.1) is 7.11 Å². The molecule has 5 nitrogen and oxygen atoms in total. The molecule has 24 heavy (non-hydrogen) atoms. The van der Waals surface area contributed by atoms with Crippen molar-refractivity contribution in [2.75, 3.05) is 25.6 Å². The van der Waals surface area contributed by atoms with Crippen molar-refractivity contribution in [2.45, 2.75) is 28.1 Å². The van der Waals surface area contributed by atoms with Crippen molar-refractivity contribution in [1.29, 1.82) is 0 Å². The van der Waals surface area contributed by atoms with Crippen LogP contribution >= 0.6 is 34.8 Å². The molecule has 1 aliphatic carbocycles. The number of carbonyl (C=O) groups excluding carboxylic acids is 2. The van der Waals surface area contributed by atoms with Gasteiger partial charge >= 0.3 is 0 Å². The highest BCUT2D eigenvalue weighted by Crippen LogP contribution is 2.62. The largest absolute Gasteiger partial charge is 0.497 e. The van der Waals surface area contributed by atoms with Gasteiger partial charge in [0.2, 0.25) is 11.8 Å². The number of rotatable bonds is 4. The summed E-state index contributed by atoms with van der Waals surface area (Å²) in [5, 5.41) is 0. The van der Waals surface area contributed by atoms with Gasteiger partial charge < -0.3 is 14.5 Å². The topological polar surface area (TPSA) is 49.9 Å². The van der Waals surface area contributed by atoms with Gasteiger partial charge in [-0.05, 0) is 18.6 Å². The van der Waals surface area contributed by atoms with Crippen molar-refractivity contribution in [3.05, 3.63) is 24.3 Å². The second-order valence-electron chi connectivity index (χ2n) is 6.09. The fraction of sp³-hybridized carbons (Fsp3) is 0.500. The zero-order chi connectivity index (χ0) is 17.7. The summed E-state index contributed by atoms with van der Waals surface area (Å²) in [7, 11) is 3.13. The monoisotopic (exact) mass is 390 g/mol. The number of nitrogens with zero attached hydrogens (tertiary/aromatic N) is 2. The predicted molar refractivity (Wildman–Crippen MR) is 94.2 cm³/mol. The molecule has 2 amide bonds. The number of hydrogen-bond acceptors (Lipinski definition) is 3. The van der Waals surface area contributed by atoms with Gasteiger partial charge in [-0.2, -0.15) is 0 Å². The average molecular weight is 392 g/mol. The van der Waals surface area contributed by atoms with E-state index in [-0.39, 0.29) is 12.3 Å². The maximum absolute atomic E-state index is 12.7. The Labute approximate surface area is 155 Å². The minimum Gasteiger partial charge on any atom is -0.497 e. The van der Waals surface area contributed by atoms with E-state index in [0.29, 0.717) is 18.7 Å². The van der Waals surface area contributed by atoms with Crippen LogP contribution < -0.4 is 9.64 Å². The molecule has 130 valence electrons. The lowest BCUT2D eigenvalue weighted by Crippen LogP contribution is -2.47. The van der Waals surface area contributed by atoms with E-state index in [2.05, 4.69) is 0 Å². The average Bonchev–Trinajstić information content (AvgIpc) is 2.89. The van der Waals surface area contributed by atoms with Crippen LogP contribution in [0.1, 0.15) is 12.8 Å². The molecule has 2 atom stereocenters. The summed E-state index contributed by atoms with van der Waals surface area (Å²) >= 11 is 18.1. The molecule has 2 unspecified atom stereocenters. The summed E-state index contributed by atoms with van der Waals surface area (Å²) < 4.78 is 3.92. The number of alkyl halides is 3. The molecule has 3 rings (SSSR count). The molecule has 0 radical (unpaired) electrons. The number of ether oxygens (including phenoxy) is 1. The second-order valence-corrected chi connectivity index (χ2v) is 8.22. The van der Waals surface area contributed by atoms with Crippen LogP contribution in [0.5, 0.6) is 5.75 Å². The van der Waals surface area contributed by atoms with Crippen LogP contribution in [-0.2, 0) is 9.59 Å². The highest BCUT2D eigenvalue weighted by atomic mass is 35.5. The standard InChI is InChI=1S/C16H17Cl3N2O3/c1-20(14(23)15(17)9-16(15,18)19)12-6-7-21(13(12)22)10-4-3-5-11(8-10)24-2/h3-5,8,12H,6-7,9H2,1-2H3. The highest BCUT2D eigenvalue weighted by molar-refractivity contribution is 6.62. The summed E-state index contributed by atoms with van der Waals surface area (Å²) in [5.74, 6) is 0.0923. The Morgan fingerprint density at radius 2 is 2.04 bits per heavy atom. The Morgan fingerprint density at radius 3 is 2.62 bits per heavy atom. The summed E-state index contributed by atoms with van der Waals surface area (Å²) in [6.45, 7) is 0.510. The van der Waals surface area contributed by atoms with Crippen LogP contribution in [0.3, 0.4) is 0 Å². The lowest BCUT2D eigenvalue weighted by Gasteiger charge is -2.26. The maximum Gasteiger partial charge on any atom is 0.249 e. The Balaban J connectivity index is 1.75. The molecule has 1 aromatic rings. The van der Waals surface area contributed by atoms with Gasteiger partial charge in [-0.15, -0.1) is 11.6 Å². The van der Waals surface area contributed by atoms with Crippen LogP contribution in [0.4, 0.5) is 5.69 Å². The summed E-state index contributed by atoms with van der Waals surface area (Å²) in [6.07, 6.45) is 0.692. The fourth-order valence-electron chi connectivity index (χ4n) is 2.97. The van der Waals surface area contributed by atoms with Crippen LogP contribution in [0.25, 0.3) is 0 Å². The van der Waals surface area contributed by atoms with Crippen molar-refractivity contribution in [2.24, 2.45) is 0 Å². The zero-order valence-corrected chi connectivity index (χ0v) is 15.5. The fourth-order valence-corrected chi connectivity index (χ4v) is 4.01. The van der Waals surface area contributed by atoms with Gasteiger partial charge in [-0.25, -0.2) is 0 Å². The minimum absolute atomic E-state index is 0.158. The van der Waals surface area contributed by atoms with Gasteiger partial charge in [0.1, 0.15) is 16.1 Å². The van der Waals surface area contributed by atoms with Gasteiger partial charge in [0, 0.05) is 31.8 Å². The predicted octanol–water partition coefficient (Wildman–Crippen LogP) is 2.81. The molecule has 2 fully saturated rings. The number of hydrogen-bond donors (Lipinski definition) is 0. The van der Waals surface area contributed by atoms with Crippen LogP contribution in [0, 0.1) is 0 Å². The van der Waals surface area contributed by atoms with Gasteiger partial charge in [-0.1, -0.05) is 29.3 Å². The van der Waals surface area contributed by atoms with Crippen LogP contribution in [0.15, 0.2) is 24.3 Å². The molecule has 2 aliphatic rings. The summed E-state index contributed by atoms with van der Waals surface area (Å²) in [6, 6.07) is 6.66. The van der Waals surface area contributed by atoms with Crippen molar-refractivity contribution >= 4 is 52.3 Å². The smallest absolute Gasteiger partial charge is 0.249 e. The van der Waals surface area contributed by atoms with Crippen LogP contribution in [-0.4, -0.2) is 52.7 Å². The molecule has 1 aromatic carbocycles. The van der Waals surface area contributed by atoms with Gasteiger partial charge in [0.25, 0.3) is 0 Å². The number of anilines is 1. The minimum atomic E-state index is -1.34. The number of methoxy groups -OCH3 is 1. The van der Waals surface area contributed by atoms with Crippen molar-refractivity contribution in [3.8, 4) is 5.75 Å². The van der Waals surface area contributed by atoms with E-state index < -0.39 is 21.2 Å². The van der Waals surface area contributed by atoms with E-state index >= 15 is 0 Å². The molecule has 0 spiro atoms. The zero-order valence-electron chi connectivity index (χ0n) is 13.3. The third-order valence-electron chi connectivity index (χ3n) is 4.59. The Morgan fingerprint density at radius 1 is 1.38 bits per heavy atom. The molecule has 1 saturated carbocycles. The van der Waals surface area contributed by atoms with Crippen molar-refractivity contribution < 1.29 is 14.3 Å². The molecule has 0 N–H and O–H groups in total. The van der Waals surface area contributed by atoms with Gasteiger partial charge in [0.15, 0.2) is 4.87 Å². The molecule has 1 saturated heterocycles. The number of halogens is 3. The van der Waals surface area contributed by atoms with Gasteiger partial charge in [-0.3, -0.25) is 9.59 Å². The SMILES string of the molecule is COc1cccc(N2CCC(N(C)C(=O)C3(Cl)CC3(Cl)Cl)C2=O)c1. The van der Waals surface area contributed by atoms with Crippen LogP contribution in [0.2, 0.25) is 0 Å². The van der Waals surface area contributed by atoms with E-state index in [1.807, 2.05) is 18.2 Å². The lowest BCUT2D eigenvalue weighted by molar-refractivity contribution is -0.137. The third kappa shape index (κ3) is 2.72. The second kappa shape index (κ2) is 5.97. The Hall–Kier alpha value is -1.17. The normalized spacial score (nSPS) is 28.0.